The van der Waals surface area contributed by atoms with Crippen molar-refractivity contribution >= 4 is 5.91 Å². The lowest BCUT2D eigenvalue weighted by atomic mass is 10.1. The van der Waals surface area contributed by atoms with Gasteiger partial charge in [0.1, 0.15) is 0 Å². The molecule has 1 aromatic heterocycles. The predicted molar refractivity (Wildman–Crippen MR) is 77.1 cm³/mol. The summed E-state index contributed by atoms with van der Waals surface area (Å²) in [5.41, 5.74) is 7.45. The minimum Gasteiger partial charge on any atom is -0.419 e. The van der Waals surface area contributed by atoms with Crippen LogP contribution in [0.4, 0.5) is 0 Å². The van der Waals surface area contributed by atoms with Crippen molar-refractivity contribution in [2.24, 2.45) is 5.73 Å². The summed E-state index contributed by atoms with van der Waals surface area (Å²) in [5, 5.41) is 8.15. The van der Waals surface area contributed by atoms with E-state index in [4.69, 9.17) is 10.2 Å². The number of amides is 1. The molecule has 0 aliphatic carbocycles. The molecular weight excluding hydrogens is 268 g/mol. The van der Waals surface area contributed by atoms with Crippen LogP contribution < -0.4 is 5.73 Å². The Labute approximate surface area is 123 Å². The number of benzene rings is 1. The second kappa shape index (κ2) is 5.65. The van der Waals surface area contributed by atoms with E-state index in [0.29, 0.717) is 18.3 Å². The normalized spacial score (nSPS) is 19.0. The van der Waals surface area contributed by atoms with Crippen molar-refractivity contribution < 1.29 is 9.21 Å². The molecule has 1 amide bonds. The Morgan fingerprint density at radius 3 is 3.10 bits per heavy atom. The molecule has 1 atom stereocenters. The zero-order valence-electron chi connectivity index (χ0n) is 12.0. The number of hydrogen-bond donors (Lipinski definition) is 1. The van der Waals surface area contributed by atoms with Crippen LogP contribution in [0.1, 0.15) is 24.3 Å². The Balaban J connectivity index is 1.75. The fourth-order valence-corrected chi connectivity index (χ4v) is 2.72. The van der Waals surface area contributed by atoms with Crippen LogP contribution in [0.25, 0.3) is 11.5 Å². The highest BCUT2D eigenvalue weighted by molar-refractivity contribution is 5.80. The van der Waals surface area contributed by atoms with Crippen LogP contribution in [0.5, 0.6) is 0 Å². The third-order valence-electron chi connectivity index (χ3n) is 3.76. The first-order valence-corrected chi connectivity index (χ1v) is 7.06. The summed E-state index contributed by atoms with van der Waals surface area (Å²) < 4.78 is 5.70. The molecule has 110 valence electrons. The van der Waals surface area contributed by atoms with Crippen molar-refractivity contribution in [2.45, 2.75) is 32.4 Å². The van der Waals surface area contributed by atoms with E-state index in [9.17, 15) is 4.79 Å². The number of aromatic nitrogens is 2. The van der Waals surface area contributed by atoms with Crippen LogP contribution in [-0.2, 0) is 11.3 Å². The molecule has 6 heteroatoms. The quantitative estimate of drug-likeness (QED) is 0.920. The average molecular weight is 286 g/mol. The molecule has 0 spiro atoms. The predicted octanol–water partition coefficient (Wildman–Crippen LogP) is 1.49. The number of likely N-dealkylation sites (tertiary alicyclic amines) is 1. The van der Waals surface area contributed by atoms with Gasteiger partial charge in [0.15, 0.2) is 0 Å². The van der Waals surface area contributed by atoms with E-state index in [1.165, 1.54) is 0 Å². The van der Waals surface area contributed by atoms with Crippen LogP contribution in [0.2, 0.25) is 0 Å². The lowest BCUT2D eigenvalue weighted by Crippen LogP contribution is -2.39. The number of nitrogens with zero attached hydrogens (tertiary/aromatic N) is 3. The zero-order valence-corrected chi connectivity index (χ0v) is 12.0. The van der Waals surface area contributed by atoms with Gasteiger partial charge in [-0.25, -0.2) is 0 Å². The summed E-state index contributed by atoms with van der Waals surface area (Å²) in [4.78, 5) is 13.4. The first kappa shape index (κ1) is 13.8. The molecule has 1 fully saturated rings. The maximum Gasteiger partial charge on any atom is 0.247 e. The lowest BCUT2D eigenvalue weighted by Gasteiger charge is -2.19. The second-order valence-electron chi connectivity index (χ2n) is 5.40. The zero-order chi connectivity index (χ0) is 14.8. The van der Waals surface area contributed by atoms with Gasteiger partial charge in [-0.05, 0) is 38.4 Å². The Kier molecular flexibility index (Phi) is 3.70. The number of aryl methyl sites for hydroxylation is 1. The Bertz CT molecular complexity index is 653. The van der Waals surface area contributed by atoms with Gasteiger partial charge in [0.25, 0.3) is 0 Å². The fraction of sp³-hybridized carbons (Fsp3) is 0.400. The van der Waals surface area contributed by atoms with Crippen molar-refractivity contribution in [3.63, 3.8) is 0 Å². The number of carbonyl (C=O) groups excluding carboxylic acids is 1. The van der Waals surface area contributed by atoms with E-state index >= 15 is 0 Å². The van der Waals surface area contributed by atoms with Gasteiger partial charge in [-0.1, -0.05) is 17.7 Å². The molecule has 0 saturated carbocycles. The SMILES string of the molecule is Cc1cccc(-c2nnc(CN3CCCC3C(N)=O)o2)c1. The van der Waals surface area contributed by atoms with Crippen molar-refractivity contribution in [1.82, 2.24) is 15.1 Å². The van der Waals surface area contributed by atoms with E-state index < -0.39 is 0 Å². The van der Waals surface area contributed by atoms with E-state index in [1.807, 2.05) is 36.1 Å². The first-order valence-electron chi connectivity index (χ1n) is 7.06. The minimum absolute atomic E-state index is 0.223. The summed E-state index contributed by atoms with van der Waals surface area (Å²) in [6, 6.07) is 7.69. The van der Waals surface area contributed by atoms with E-state index in [0.717, 1.165) is 30.5 Å². The Morgan fingerprint density at radius 1 is 1.48 bits per heavy atom. The lowest BCUT2D eigenvalue weighted by molar-refractivity contribution is -0.122. The maximum atomic E-state index is 11.4. The van der Waals surface area contributed by atoms with Crippen molar-refractivity contribution in [3.05, 3.63) is 35.7 Å². The molecule has 0 bridgehead atoms. The highest BCUT2D eigenvalue weighted by Crippen LogP contribution is 2.22. The number of rotatable bonds is 4. The van der Waals surface area contributed by atoms with Crippen molar-refractivity contribution in [2.75, 3.05) is 6.54 Å². The minimum atomic E-state index is -0.286. The molecule has 1 saturated heterocycles. The monoisotopic (exact) mass is 286 g/mol. The van der Waals surface area contributed by atoms with Gasteiger partial charge in [-0.15, -0.1) is 10.2 Å². The number of nitrogens with two attached hydrogens (primary N) is 1. The largest absolute Gasteiger partial charge is 0.419 e. The molecule has 6 nitrogen and oxygen atoms in total. The van der Waals surface area contributed by atoms with Crippen LogP contribution in [0.3, 0.4) is 0 Å². The Morgan fingerprint density at radius 2 is 2.33 bits per heavy atom. The average Bonchev–Trinajstić information content (AvgIpc) is 3.08. The molecule has 2 N–H and O–H groups in total. The third kappa shape index (κ3) is 2.95. The summed E-state index contributed by atoms with van der Waals surface area (Å²) in [5.74, 6) is 0.731. The molecule has 1 aromatic carbocycles. The van der Waals surface area contributed by atoms with Gasteiger partial charge < -0.3 is 10.2 Å². The summed E-state index contributed by atoms with van der Waals surface area (Å²) in [6.45, 7) is 3.31. The molecule has 21 heavy (non-hydrogen) atoms. The van der Waals surface area contributed by atoms with Gasteiger partial charge in [0.05, 0.1) is 12.6 Å². The second-order valence-corrected chi connectivity index (χ2v) is 5.40. The smallest absolute Gasteiger partial charge is 0.247 e. The standard InChI is InChI=1S/C15H18N4O2/c1-10-4-2-5-11(8-10)15-18-17-13(21-15)9-19-7-3-6-12(19)14(16)20/h2,4-5,8,12H,3,6-7,9H2,1H3,(H2,16,20). The van der Waals surface area contributed by atoms with Crippen molar-refractivity contribution in [3.8, 4) is 11.5 Å². The fourth-order valence-electron chi connectivity index (χ4n) is 2.72. The van der Waals surface area contributed by atoms with Crippen LogP contribution in [-0.4, -0.2) is 33.6 Å². The third-order valence-corrected chi connectivity index (χ3v) is 3.76. The van der Waals surface area contributed by atoms with Crippen LogP contribution >= 0.6 is 0 Å². The maximum absolute atomic E-state index is 11.4. The number of hydrogen-bond acceptors (Lipinski definition) is 5. The summed E-state index contributed by atoms with van der Waals surface area (Å²) >= 11 is 0. The molecule has 1 aliphatic heterocycles. The summed E-state index contributed by atoms with van der Waals surface area (Å²) in [7, 11) is 0. The van der Waals surface area contributed by atoms with Gasteiger partial charge in [-0.3, -0.25) is 9.69 Å². The molecule has 2 heterocycles. The molecule has 2 aromatic rings. The van der Waals surface area contributed by atoms with Gasteiger partial charge in [0, 0.05) is 5.56 Å². The highest BCUT2D eigenvalue weighted by atomic mass is 16.4. The van der Waals surface area contributed by atoms with E-state index in [2.05, 4.69) is 10.2 Å². The van der Waals surface area contributed by atoms with Crippen molar-refractivity contribution in [1.29, 1.82) is 0 Å². The molecular formula is C15H18N4O2. The molecule has 0 radical (unpaired) electrons. The van der Waals surface area contributed by atoms with Crippen LogP contribution in [0, 0.1) is 6.92 Å². The molecule has 1 unspecified atom stereocenters. The van der Waals surface area contributed by atoms with Crippen LogP contribution in [0.15, 0.2) is 28.7 Å². The van der Waals surface area contributed by atoms with E-state index in [-0.39, 0.29) is 11.9 Å². The molecule has 1 aliphatic rings. The first-order chi connectivity index (χ1) is 10.1. The Hall–Kier alpha value is -2.21. The number of carbonyl (C=O) groups is 1. The topological polar surface area (TPSA) is 85.3 Å². The number of primary amides is 1. The van der Waals surface area contributed by atoms with Gasteiger partial charge in [-0.2, -0.15) is 0 Å². The highest BCUT2D eigenvalue weighted by Gasteiger charge is 2.30. The summed E-state index contributed by atoms with van der Waals surface area (Å²) in [6.07, 6.45) is 1.76. The van der Waals surface area contributed by atoms with E-state index in [1.54, 1.807) is 0 Å². The van der Waals surface area contributed by atoms with Gasteiger partial charge in [0.2, 0.25) is 17.7 Å². The molecule has 3 rings (SSSR count). The van der Waals surface area contributed by atoms with Gasteiger partial charge >= 0.3 is 0 Å².